The van der Waals surface area contributed by atoms with E-state index < -0.39 is 11.7 Å². The summed E-state index contributed by atoms with van der Waals surface area (Å²) >= 11 is 0. The van der Waals surface area contributed by atoms with Crippen molar-refractivity contribution >= 4 is 68.5 Å². The molecule has 5 nitrogen and oxygen atoms in total. The molecule has 8 heteroatoms. The largest absolute Gasteiger partial charge is 0.422 e. The van der Waals surface area contributed by atoms with Crippen molar-refractivity contribution < 1.29 is 13.2 Å². The van der Waals surface area contributed by atoms with Crippen LogP contribution >= 0.6 is 0 Å². The number of aryl methyl sites for hydroxylation is 8. The van der Waals surface area contributed by atoms with Gasteiger partial charge in [-0.25, -0.2) is 4.98 Å². The SMILES string of the molecule is FC(F)(F)c1c(N2c3ccccc3CCc3ccccc32)nc(N2c3ccccc3CCc3ccccc32)c(N2c3ccccc3CCc3ccccc32)c1N1c2ccccc2CCc2ccccc21. The Hall–Kier alpha value is -8.10. The van der Waals surface area contributed by atoms with Crippen molar-refractivity contribution in [1.82, 2.24) is 4.98 Å². The summed E-state index contributed by atoms with van der Waals surface area (Å²) in [6.45, 7) is 0. The predicted octanol–water partition coefficient (Wildman–Crippen LogP) is 16.4. The molecule has 0 radical (unpaired) electrons. The summed E-state index contributed by atoms with van der Waals surface area (Å²) < 4.78 is 53.8. The maximum absolute atomic E-state index is 17.9. The Kier molecular flexibility index (Phi) is 10.1. The van der Waals surface area contributed by atoms with Crippen LogP contribution in [0.1, 0.15) is 50.1 Å². The average Bonchev–Trinajstić information content (AvgIpc) is 3.82. The van der Waals surface area contributed by atoms with E-state index in [9.17, 15) is 0 Å². The molecule has 4 aliphatic heterocycles. The summed E-state index contributed by atoms with van der Waals surface area (Å²) in [5, 5.41) is 0. The first-order chi connectivity index (χ1) is 34.4. The van der Waals surface area contributed by atoms with Crippen molar-refractivity contribution in [1.29, 1.82) is 0 Å². The first kappa shape index (κ1) is 42.0. The quantitative estimate of drug-likeness (QED) is 0.175. The molecule has 0 atom stereocenters. The monoisotopic (exact) mass is 919 g/mol. The topological polar surface area (TPSA) is 25.9 Å². The molecule has 0 saturated heterocycles. The van der Waals surface area contributed by atoms with E-state index in [0.717, 1.165) is 80.1 Å². The third-order valence-corrected chi connectivity index (χ3v) is 14.8. The number of hydrogen-bond donors (Lipinski definition) is 0. The average molecular weight is 920 g/mol. The lowest BCUT2D eigenvalue weighted by Crippen LogP contribution is -2.29. The minimum absolute atomic E-state index is 0.0132. The number of para-hydroxylation sites is 8. The molecule has 0 aliphatic carbocycles. The molecule has 0 fully saturated rings. The third kappa shape index (κ3) is 6.87. The van der Waals surface area contributed by atoms with E-state index in [1.54, 1.807) is 0 Å². The highest BCUT2D eigenvalue weighted by molar-refractivity contribution is 6.05. The zero-order valence-electron chi connectivity index (χ0n) is 38.5. The van der Waals surface area contributed by atoms with E-state index in [1.165, 1.54) is 0 Å². The lowest BCUT2D eigenvalue weighted by Gasteiger charge is -2.41. The lowest BCUT2D eigenvalue weighted by molar-refractivity contribution is -0.136. The van der Waals surface area contributed by atoms with Gasteiger partial charge >= 0.3 is 6.18 Å². The number of halogens is 3. The Morgan fingerprint density at radius 1 is 0.271 bits per heavy atom. The van der Waals surface area contributed by atoms with Crippen LogP contribution in [0.4, 0.5) is 81.7 Å². The summed E-state index contributed by atoms with van der Waals surface area (Å²) in [6, 6.07) is 65.0. The Balaban J connectivity index is 1.31. The van der Waals surface area contributed by atoms with Gasteiger partial charge in [-0.15, -0.1) is 0 Å². The van der Waals surface area contributed by atoms with Crippen LogP contribution in [0.25, 0.3) is 0 Å². The van der Waals surface area contributed by atoms with E-state index in [4.69, 9.17) is 4.98 Å². The molecule has 8 aromatic carbocycles. The highest BCUT2D eigenvalue weighted by Crippen LogP contribution is 2.62. The molecule has 0 unspecified atom stereocenters. The zero-order chi connectivity index (χ0) is 46.9. The van der Waals surface area contributed by atoms with Crippen LogP contribution in [-0.4, -0.2) is 4.98 Å². The van der Waals surface area contributed by atoms with Gasteiger partial charge in [-0.05, 0) is 144 Å². The fourth-order valence-electron chi connectivity index (χ4n) is 11.6. The smallest absolute Gasteiger partial charge is 0.307 e. The van der Waals surface area contributed by atoms with Gasteiger partial charge in [0.1, 0.15) is 11.3 Å². The summed E-state index contributed by atoms with van der Waals surface area (Å²) in [5.41, 5.74) is 13.7. The number of nitrogens with zero attached hydrogens (tertiary/aromatic N) is 5. The maximum Gasteiger partial charge on any atom is 0.422 e. The number of pyridine rings is 1. The minimum atomic E-state index is -4.95. The summed E-state index contributed by atoms with van der Waals surface area (Å²) in [6.07, 6.45) is 0.574. The fourth-order valence-corrected chi connectivity index (χ4v) is 11.6. The Labute approximate surface area is 406 Å². The molecule has 4 aliphatic rings. The number of alkyl halides is 3. The normalized spacial score (nSPS) is 14.8. The first-order valence-corrected chi connectivity index (χ1v) is 24.4. The number of fused-ring (bicyclic) bond motifs is 8. The Morgan fingerprint density at radius 2 is 0.486 bits per heavy atom. The molecule has 0 saturated carbocycles. The van der Waals surface area contributed by atoms with Crippen molar-refractivity contribution in [2.75, 3.05) is 19.6 Å². The van der Waals surface area contributed by atoms with Crippen molar-refractivity contribution in [2.45, 2.75) is 57.5 Å². The summed E-state index contributed by atoms with van der Waals surface area (Å²) in [7, 11) is 0. The second-order valence-electron chi connectivity index (χ2n) is 18.7. The van der Waals surface area contributed by atoms with Gasteiger partial charge in [-0.1, -0.05) is 146 Å². The molecule has 342 valence electrons. The van der Waals surface area contributed by atoms with Gasteiger partial charge in [0.15, 0.2) is 11.6 Å². The van der Waals surface area contributed by atoms with Crippen LogP contribution in [0, 0.1) is 0 Å². The lowest BCUT2D eigenvalue weighted by atomic mass is 10.0. The number of anilines is 12. The van der Waals surface area contributed by atoms with E-state index in [2.05, 4.69) is 82.6 Å². The predicted molar refractivity (Wildman–Crippen MR) is 278 cm³/mol. The second-order valence-corrected chi connectivity index (χ2v) is 18.7. The molecule has 13 rings (SSSR count). The molecular formula is C62H48F3N5. The zero-order valence-corrected chi connectivity index (χ0v) is 38.5. The minimum Gasteiger partial charge on any atom is -0.307 e. The molecule has 0 bridgehead atoms. The van der Waals surface area contributed by atoms with Gasteiger partial charge < -0.3 is 9.80 Å². The number of benzene rings is 8. The summed E-state index contributed by atoms with van der Waals surface area (Å²) in [5.74, 6) is 0.211. The van der Waals surface area contributed by atoms with Gasteiger partial charge in [0.05, 0.1) is 28.4 Å². The van der Waals surface area contributed by atoms with Crippen LogP contribution in [0.15, 0.2) is 194 Å². The van der Waals surface area contributed by atoms with Crippen LogP contribution in [0.2, 0.25) is 0 Å². The third-order valence-electron chi connectivity index (χ3n) is 14.8. The maximum atomic E-state index is 17.9. The van der Waals surface area contributed by atoms with Crippen molar-refractivity contribution in [3.05, 3.63) is 244 Å². The molecule has 0 spiro atoms. The Bertz CT molecular complexity index is 3320. The van der Waals surface area contributed by atoms with Crippen LogP contribution in [-0.2, 0) is 57.5 Å². The molecule has 70 heavy (non-hydrogen) atoms. The van der Waals surface area contributed by atoms with Gasteiger partial charge in [-0.2, -0.15) is 13.2 Å². The van der Waals surface area contributed by atoms with Crippen LogP contribution < -0.4 is 19.6 Å². The van der Waals surface area contributed by atoms with Crippen LogP contribution in [0.5, 0.6) is 0 Å². The van der Waals surface area contributed by atoms with E-state index in [-0.39, 0.29) is 11.5 Å². The molecule has 0 N–H and O–H groups in total. The number of hydrogen-bond acceptors (Lipinski definition) is 5. The van der Waals surface area contributed by atoms with Gasteiger partial charge in [0.2, 0.25) is 0 Å². The highest BCUT2D eigenvalue weighted by atomic mass is 19.4. The molecular weight excluding hydrogens is 872 g/mol. The van der Waals surface area contributed by atoms with Crippen molar-refractivity contribution in [3.63, 3.8) is 0 Å². The van der Waals surface area contributed by atoms with Crippen LogP contribution in [0.3, 0.4) is 0 Å². The first-order valence-electron chi connectivity index (χ1n) is 24.4. The standard InChI is InChI=1S/C62H48F3N5/c63-62(64,65)57-58(67-49-25-9-1-17-41(49)33-34-42-18-2-10-26-50(42)67)59(68-51-27-11-3-19-43(51)35-36-44-20-4-12-28-52(44)68)61(70-55-31-15-7-23-47(55)39-40-48-24-8-16-32-56(48)70)66-60(57)69-53-29-13-5-21-45(53)37-38-46-22-6-14-30-54(46)69/h1-32H,33-40H2. The second kappa shape index (κ2) is 16.8. The van der Waals surface area contributed by atoms with Gasteiger partial charge in [-0.3, -0.25) is 9.80 Å². The van der Waals surface area contributed by atoms with E-state index >= 15 is 13.2 Å². The number of aromatic nitrogens is 1. The van der Waals surface area contributed by atoms with Crippen molar-refractivity contribution in [3.8, 4) is 0 Å². The fraction of sp³-hybridized carbons (Fsp3) is 0.145. The molecule has 1 aromatic heterocycles. The highest BCUT2D eigenvalue weighted by Gasteiger charge is 2.48. The van der Waals surface area contributed by atoms with Gasteiger partial charge in [0.25, 0.3) is 0 Å². The molecule has 0 amide bonds. The van der Waals surface area contributed by atoms with E-state index in [0.29, 0.717) is 72.8 Å². The Morgan fingerprint density at radius 3 is 0.743 bits per heavy atom. The molecule has 9 aromatic rings. The van der Waals surface area contributed by atoms with Gasteiger partial charge in [0, 0.05) is 22.7 Å². The van der Waals surface area contributed by atoms with Crippen molar-refractivity contribution in [2.24, 2.45) is 0 Å². The number of rotatable bonds is 4. The molecule has 5 heterocycles. The van der Waals surface area contributed by atoms with E-state index in [1.807, 2.05) is 131 Å². The summed E-state index contributed by atoms with van der Waals surface area (Å²) in [4.78, 5) is 13.9.